The van der Waals surface area contributed by atoms with Crippen molar-refractivity contribution in [3.8, 4) is 67.5 Å². The topological polar surface area (TPSA) is 51.8 Å². The van der Waals surface area contributed by atoms with Gasteiger partial charge in [0.1, 0.15) is 11.2 Å². The van der Waals surface area contributed by atoms with E-state index in [1.165, 1.54) is 38.4 Å². The number of nitrogens with zero attached hydrogens (tertiary/aromatic N) is 3. The zero-order valence-corrected chi connectivity index (χ0v) is 30.8. The monoisotopic (exact) mass is 727 g/mol. The van der Waals surface area contributed by atoms with Crippen LogP contribution >= 0.6 is 0 Å². The second kappa shape index (κ2) is 13.6. The third kappa shape index (κ3) is 5.83. The lowest BCUT2D eigenvalue weighted by atomic mass is 9.94. The number of hydrogen-bond acceptors (Lipinski definition) is 4. The molecule has 0 aliphatic rings. The standard InChI is InChI=1S/C53H33N3O/c1-3-12-34(13-4-1)43-21-10-18-39-32-40(28-30-45(39)43)52-54-51(38-15-5-2-6-16-38)55-53(56-52)41-29-31-47-49(33-41)57-48-23-11-22-46(50(47)48)37-26-24-36(25-27-37)44-20-9-17-35-14-7-8-19-42(35)44/h1-33H. The van der Waals surface area contributed by atoms with E-state index in [2.05, 4.69) is 158 Å². The molecule has 4 heteroatoms. The second-order valence-corrected chi connectivity index (χ2v) is 14.4. The molecule has 2 aromatic heterocycles. The molecule has 0 spiro atoms. The van der Waals surface area contributed by atoms with E-state index in [4.69, 9.17) is 19.4 Å². The maximum atomic E-state index is 6.57. The summed E-state index contributed by atoms with van der Waals surface area (Å²) in [5.41, 5.74) is 11.4. The summed E-state index contributed by atoms with van der Waals surface area (Å²) in [5, 5.41) is 6.93. The van der Waals surface area contributed by atoms with E-state index >= 15 is 0 Å². The highest BCUT2D eigenvalue weighted by atomic mass is 16.3. The van der Waals surface area contributed by atoms with E-state index in [-0.39, 0.29) is 0 Å². The highest BCUT2D eigenvalue weighted by Crippen LogP contribution is 2.40. The minimum Gasteiger partial charge on any atom is -0.456 e. The minimum absolute atomic E-state index is 0.587. The quantitative estimate of drug-likeness (QED) is 0.171. The number of benzene rings is 9. The van der Waals surface area contributed by atoms with Crippen LogP contribution in [0.25, 0.3) is 111 Å². The first-order valence-corrected chi connectivity index (χ1v) is 19.2. The Balaban J connectivity index is 0.998. The fourth-order valence-electron chi connectivity index (χ4n) is 8.15. The van der Waals surface area contributed by atoms with Crippen molar-refractivity contribution in [2.45, 2.75) is 0 Å². The summed E-state index contributed by atoms with van der Waals surface area (Å²) in [6.07, 6.45) is 0. The van der Waals surface area contributed by atoms with Gasteiger partial charge in [-0.2, -0.15) is 0 Å². The number of aromatic nitrogens is 3. The van der Waals surface area contributed by atoms with Crippen molar-refractivity contribution in [1.82, 2.24) is 15.0 Å². The first-order chi connectivity index (χ1) is 28.2. The summed E-state index contributed by atoms with van der Waals surface area (Å²) in [7, 11) is 0. The van der Waals surface area contributed by atoms with Crippen molar-refractivity contribution in [3.05, 3.63) is 200 Å². The summed E-state index contributed by atoms with van der Waals surface area (Å²) >= 11 is 0. The van der Waals surface area contributed by atoms with Gasteiger partial charge in [-0.05, 0) is 79.2 Å². The average Bonchev–Trinajstić information content (AvgIpc) is 3.67. The molecule has 9 aromatic carbocycles. The van der Waals surface area contributed by atoms with Gasteiger partial charge in [0.05, 0.1) is 0 Å². The van der Waals surface area contributed by atoms with E-state index in [0.717, 1.165) is 55.1 Å². The molecule has 4 nitrogen and oxygen atoms in total. The van der Waals surface area contributed by atoms with Gasteiger partial charge in [-0.3, -0.25) is 0 Å². The number of hydrogen-bond donors (Lipinski definition) is 0. The first-order valence-electron chi connectivity index (χ1n) is 19.2. The Morgan fingerprint density at radius 1 is 0.281 bits per heavy atom. The van der Waals surface area contributed by atoms with E-state index in [1.807, 2.05) is 42.5 Å². The maximum absolute atomic E-state index is 6.57. The zero-order chi connectivity index (χ0) is 37.7. The van der Waals surface area contributed by atoms with Crippen LogP contribution in [0.1, 0.15) is 0 Å². The van der Waals surface area contributed by atoms with Gasteiger partial charge in [0.25, 0.3) is 0 Å². The Hall–Kier alpha value is -7.69. The van der Waals surface area contributed by atoms with Gasteiger partial charge in [-0.1, -0.05) is 176 Å². The van der Waals surface area contributed by atoms with Crippen LogP contribution in [0.3, 0.4) is 0 Å². The largest absolute Gasteiger partial charge is 0.456 e. The third-order valence-electron chi connectivity index (χ3n) is 10.9. The van der Waals surface area contributed by atoms with Gasteiger partial charge in [-0.15, -0.1) is 0 Å². The van der Waals surface area contributed by atoms with Crippen molar-refractivity contribution >= 4 is 43.5 Å². The molecular formula is C53H33N3O. The molecule has 0 fully saturated rings. The first kappa shape index (κ1) is 32.7. The van der Waals surface area contributed by atoms with Crippen LogP contribution in [0.4, 0.5) is 0 Å². The Labute approximate surface area is 329 Å². The molecule has 0 saturated heterocycles. The third-order valence-corrected chi connectivity index (χ3v) is 10.9. The smallest absolute Gasteiger partial charge is 0.164 e. The van der Waals surface area contributed by atoms with E-state index in [0.29, 0.717) is 17.5 Å². The van der Waals surface area contributed by atoms with Crippen LogP contribution < -0.4 is 0 Å². The predicted octanol–water partition coefficient (Wildman–Crippen LogP) is 14.1. The summed E-state index contributed by atoms with van der Waals surface area (Å²) in [6.45, 7) is 0. The molecule has 11 aromatic rings. The fourth-order valence-corrected chi connectivity index (χ4v) is 8.15. The van der Waals surface area contributed by atoms with Crippen LogP contribution in [-0.2, 0) is 0 Å². The number of rotatable bonds is 6. The van der Waals surface area contributed by atoms with Crippen LogP contribution in [0.2, 0.25) is 0 Å². The molecule has 0 bridgehead atoms. The Morgan fingerprint density at radius 2 is 0.754 bits per heavy atom. The van der Waals surface area contributed by atoms with E-state index < -0.39 is 0 Å². The summed E-state index contributed by atoms with van der Waals surface area (Å²) in [5.74, 6) is 1.82. The molecule has 0 saturated carbocycles. The van der Waals surface area contributed by atoms with Crippen molar-refractivity contribution < 1.29 is 4.42 Å². The predicted molar refractivity (Wildman–Crippen MR) is 235 cm³/mol. The van der Waals surface area contributed by atoms with E-state index in [1.54, 1.807) is 0 Å². The van der Waals surface area contributed by atoms with E-state index in [9.17, 15) is 0 Å². The van der Waals surface area contributed by atoms with Gasteiger partial charge >= 0.3 is 0 Å². The molecule has 0 radical (unpaired) electrons. The molecule has 0 amide bonds. The Kier molecular flexibility index (Phi) is 7.78. The van der Waals surface area contributed by atoms with Crippen LogP contribution in [0.5, 0.6) is 0 Å². The lowest BCUT2D eigenvalue weighted by molar-refractivity contribution is 0.669. The van der Waals surface area contributed by atoms with Crippen molar-refractivity contribution in [1.29, 1.82) is 0 Å². The molecule has 0 aliphatic heterocycles. The summed E-state index contributed by atoms with van der Waals surface area (Å²) in [4.78, 5) is 15.2. The second-order valence-electron chi connectivity index (χ2n) is 14.4. The lowest BCUT2D eigenvalue weighted by Crippen LogP contribution is -2.00. The minimum atomic E-state index is 0.587. The molecule has 0 N–H and O–H groups in total. The molecule has 11 rings (SSSR count). The van der Waals surface area contributed by atoms with Crippen molar-refractivity contribution in [2.24, 2.45) is 0 Å². The molecule has 0 atom stereocenters. The van der Waals surface area contributed by atoms with Crippen molar-refractivity contribution in [3.63, 3.8) is 0 Å². The molecule has 2 heterocycles. The molecule has 57 heavy (non-hydrogen) atoms. The van der Waals surface area contributed by atoms with Crippen molar-refractivity contribution in [2.75, 3.05) is 0 Å². The Morgan fingerprint density at radius 3 is 1.47 bits per heavy atom. The van der Waals surface area contributed by atoms with Crippen LogP contribution in [0.15, 0.2) is 205 Å². The van der Waals surface area contributed by atoms with Crippen LogP contribution in [-0.4, -0.2) is 15.0 Å². The van der Waals surface area contributed by atoms with Gasteiger partial charge in [-0.25, -0.2) is 15.0 Å². The lowest BCUT2D eigenvalue weighted by Gasteiger charge is -2.11. The van der Waals surface area contributed by atoms with Gasteiger partial charge in [0, 0.05) is 27.5 Å². The highest BCUT2D eigenvalue weighted by molar-refractivity contribution is 6.13. The van der Waals surface area contributed by atoms with Gasteiger partial charge in [0.15, 0.2) is 17.5 Å². The summed E-state index contributed by atoms with van der Waals surface area (Å²) < 4.78 is 6.57. The fraction of sp³-hybridized carbons (Fsp3) is 0. The van der Waals surface area contributed by atoms with Gasteiger partial charge < -0.3 is 4.42 Å². The zero-order valence-electron chi connectivity index (χ0n) is 30.8. The number of furan rings is 1. The molecule has 266 valence electrons. The molecular weight excluding hydrogens is 695 g/mol. The maximum Gasteiger partial charge on any atom is 0.164 e. The molecule has 0 unspecified atom stereocenters. The SMILES string of the molecule is c1ccc(-c2nc(-c3ccc4c(-c5ccccc5)cccc4c3)nc(-c3ccc4c(c3)oc3cccc(-c5ccc(-c6cccc7ccccc67)cc5)c34)n2)cc1. The Bertz CT molecular complexity index is 3270. The highest BCUT2D eigenvalue weighted by Gasteiger charge is 2.17. The average molecular weight is 728 g/mol. The van der Waals surface area contributed by atoms with Gasteiger partial charge in [0.2, 0.25) is 0 Å². The molecule has 0 aliphatic carbocycles. The number of fused-ring (bicyclic) bond motifs is 5. The normalized spacial score (nSPS) is 11.5. The van der Waals surface area contributed by atoms with Crippen LogP contribution in [0, 0.1) is 0 Å². The summed E-state index contributed by atoms with van der Waals surface area (Å²) in [6, 6.07) is 70.0.